The Balaban J connectivity index is 1.64. The number of carbonyl (C=O) groups excluding carboxylic acids is 1. The number of aromatic nitrogens is 1. The lowest BCUT2D eigenvalue weighted by Gasteiger charge is -2.36. The molecule has 1 aromatic carbocycles. The summed E-state index contributed by atoms with van der Waals surface area (Å²) in [5.41, 5.74) is 3.37. The summed E-state index contributed by atoms with van der Waals surface area (Å²) in [4.78, 5) is 24.6. The Labute approximate surface area is 153 Å². The summed E-state index contributed by atoms with van der Waals surface area (Å²) in [6.07, 6.45) is 0. The number of piperazine rings is 1. The van der Waals surface area contributed by atoms with E-state index in [1.807, 2.05) is 25.9 Å². The first kappa shape index (κ1) is 17.9. The van der Waals surface area contributed by atoms with Crippen LogP contribution in [-0.4, -0.2) is 61.0 Å². The van der Waals surface area contributed by atoms with E-state index < -0.39 is 0 Å². The Kier molecular flexibility index (Phi) is 5.39. The summed E-state index contributed by atoms with van der Waals surface area (Å²) < 4.78 is 0. The van der Waals surface area contributed by atoms with Crippen molar-refractivity contribution in [2.45, 2.75) is 20.4 Å². The van der Waals surface area contributed by atoms with Gasteiger partial charge in [-0.05, 0) is 45.6 Å². The van der Waals surface area contributed by atoms with Crippen LogP contribution < -0.4 is 4.90 Å². The molecule has 5 nitrogen and oxygen atoms in total. The number of thiazole rings is 1. The summed E-state index contributed by atoms with van der Waals surface area (Å²) in [5, 5.41) is 1.00. The van der Waals surface area contributed by atoms with Crippen molar-refractivity contribution in [2.75, 3.05) is 45.2 Å². The lowest BCUT2D eigenvalue weighted by atomic mass is 10.2. The quantitative estimate of drug-likeness (QED) is 0.843. The van der Waals surface area contributed by atoms with Crippen molar-refractivity contribution in [3.63, 3.8) is 0 Å². The molecule has 1 fully saturated rings. The van der Waals surface area contributed by atoms with Gasteiger partial charge in [-0.1, -0.05) is 12.1 Å². The van der Waals surface area contributed by atoms with E-state index in [9.17, 15) is 4.79 Å². The minimum atomic E-state index is 0.129. The molecule has 1 aliphatic rings. The van der Waals surface area contributed by atoms with Crippen LogP contribution in [-0.2, 0) is 6.54 Å². The highest BCUT2D eigenvalue weighted by Gasteiger charge is 2.25. The summed E-state index contributed by atoms with van der Waals surface area (Å²) in [5.74, 6) is 0.129. The van der Waals surface area contributed by atoms with Crippen LogP contribution in [0.25, 0.3) is 0 Å². The zero-order valence-corrected chi connectivity index (χ0v) is 16.3. The van der Waals surface area contributed by atoms with Crippen molar-refractivity contribution in [3.05, 3.63) is 45.4 Å². The third-order valence-electron chi connectivity index (χ3n) is 4.42. The van der Waals surface area contributed by atoms with E-state index in [2.05, 4.69) is 46.0 Å². The summed E-state index contributed by atoms with van der Waals surface area (Å²) in [6.45, 7) is 8.09. The molecule has 25 heavy (non-hydrogen) atoms. The molecule has 1 saturated heterocycles. The Morgan fingerprint density at radius 1 is 1.20 bits per heavy atom. The molecule has 0 saturated carbocycles. The Bertz CT molecular complexity index is 748. The molecule has 1 aromatic heterocycles. The van der Waals surface area contributed by atoms with Gasteiger partial charge in [-0.25, -0.2) is 4.98 Å². The number of anilines is 1. The maximum absolute atomic E-state index is 12.9. The first-order chi connectivity index (χ1) is 11.9. The van der Waals surface area contributed by atoms with Crippen molar-refractivity contribution < 1.29 is 4.79 Å². The van der Waals surface area contributed by atoms with Gasteiger partial charge in [-0.3, -0.25) is 4.79 Å². The zero-order chi connectivity index (χ0) is 18.0. The predicted octanol–water partition coefficient (Wildman–Crippen LogP) is 2.78. The zero-order valence-electron chi connectivity index (χ0n) is 15.5. The van der Waals surface area contributed by atoms with Crippen molar-refractivity contribution in [1.29, 1.82) is 0 Å². The van der Waals surface area contributed by atoms with Crippen LogP contribution in [0, 0.1) is 13.8 Å². The molecule has 0 atom stereocenters. The number of hydrogen-bond acceptors (Lipinski definition) is 5. The normalized spacial score (nSPS) is 15.1. The molecule has 0 unspecified atom stereocenters. The highest BCUT2D eigenvalue weighted by atomic mass is 32.1. The third kappa shape index (κ3) is 4.19. The molecule has 134 valence electrons. The van der Waals surface area contributed by atoms with E-state index in [-0.39, 0.29) is 5.91 Å². The van der Waals surface area contributed by atoms with Gasteiger partial charge in [0.05, 0.1) is 5.69 Å². The smallest absolute Gasteiger partial charge is 0.265 e. The molecule has 1 aliphatic heterocycles. The fourth-order valence-corrected chi connectivity index (χ4v) is 4.28. The molecule has 0 bridgehead atoms. The van der Waals surface area contributed by atoms with Gasteiger partial charge < -0.3 is 14.7 Å². The second-order valence-corrected chi connectivity index (χ2v) is 7.96. The summed E-state index contributed by atoms with van der Waals surface area (Å²) >= 11 is 1.53. The number of benzene rings is 1. The van der Waals surface area contributed by atoms with Crippen LogP contribution in [0.2, 0.25) is 0 Å². The van der Waals surface area contributed by atoms with E-state index >= 15 is 0 Å². The number of rotatable bonds is 4. The molecule has 1 amide bonds. The van der Waals surface area contributed by atoms with Gasteiger partial charge in [0.25, 0.3) is 5.91 Å². The Hall–Kier alpha value is -1.92. The van der Waals surface area contributed by atoms with E-state index in [1.54, 1.807) is 0 Å². The number of aryl methyl sites for hydroxylation is 2. The molecule has 0 radical (unpaired) electrons. The Morgan fingerprint density at radius 2 is 1.92 bits per heavy atom. The van der Waals surface area contributed by atoms with Crippen molar-refractivity contribution in [2.24, 2.45) is 0 Å². The van der Waals surface area contributed by atoms with Gasteiger partial charge >= 0.3 is 0 Å². The lowest BCUT2D eigenvalue weighted by molar-refractivity contribution is 0.0750. The maximum atomic E-state index is 12.9. The average Bonchev–Trinajstić information content (AvgIpc) is 2.94. The molecule has 0 aliphatic carbocycles. The van der Waals surface area contributed by atoms with E-state index in [0.29, 0.717) is 0 Å². The molecule has 0 N–H and O–H groups in total. The monoisotopic (exact) mass is 358 g/mol. The molecule has 2 heterocycles. The van der Waals surface area contributed by atoms with Crippen LogP contribution in [0.4, 0.5) is 5.69 Å². The minimum absolute atomic E-state index is 0.129. The van der Waals surface area contributed by atoms with Crippen LogP contribution in [0.1, 0.15) is 25.9 Å². The largest absolute Gasteiger partial charge is 0.368 e. The van der Waals surface area contributed by atoms with Crippen LogP contribution in [0.15, 0.2) is 24.3 Å². The Morgan fingerprint density at radius 3 is 2.56 bits per heavy atom. The van der Waals surface area contributed by atoms with Gasteiger partial charge in [0.15, 0.2) is 0 Å². The minimum Gasteiger partial charge on any atom is -0.368 e. The summed E-state index contributed by atoms with van der Waals surface area (Å²) in [7, 11) is 4.03. The van der Waals surface area contributed by atoms with Gasteiger partial charge in [-0.15, -0.1) is 11.3 Å². The highest BCUT2D eigenvalue weighted by molar-refractivity contribution is 7.13. The number of amides is 1. The van der Waals surface area contributed by atoms with Crippen molar-refractivity contribution in [3.8, 4) is 0 Å². The fourth-order valence-electron chi connectivity index (χ4n) is 3.12. The van der Waals surface area contributed by atoms with Gasteiger partial charge in [0, 0.05) is 38.4 Å². The van der Waals surface area contributed by atoms with Crippen LogP contribution >= 0.6 is 11.3 Å². The molecule has 3 rings (SSSR count). The van der Waals surface area contributed by atoms with Gasteiger partial charge in [0.2, 0.25) is 0 Å². The SMILES string of the molecule is Cc1cccc(N2CCN(C(=O)c3sc(CN(C)C)nc3C)CC2)c1. The predicted molar refractivity (Wildman–Crippen MR) is 104 cm³/mol. The standard InChI is InChI=1S/C19H26N4OS/c1-14-6-5-7-16(12-14)22-8-10-23(11-9-22)19(24)18-15(2)20-17(25-18)13-21(3)4/h5-7,12H,8-11,13H2,1-4H3. The first-order valence-corrected chi connectivity index (χ1v) is 9.47. The topological polar surface area (TPSA) is 39.7 Å². The second-order valence-electron chi connectivity index (χ2n) is 6.88. The van der Waals surface area contributed by atoms with Gasteiger partial charge in [-0.2, -0.15) is 0 Å². The number of nitrogens with zero attached hydrogens (tertiary/aromatic N) is 4. The maximum Gasteiger partial charge on any atom is 0.265 e. The van der Waals surface area contributed by atoms with Crippen molar-refractivity contribution in [1.82, 2.24) is 14.8 Å². The number of hydrogen-bond donors (Lipinski definition) is 0. The van der Waals surface area contributed by atoms with Gasteiger partial charge in [0.1, 0.15) is 9.88 Å². The highest BCUT2D eigenvalue weighted by Crippen LogP contribution is 2.23. The molecular weight excluding hydrogens is 332 g/mol. The van der Waals surface area contributed by atoms with Crippen LogP contribution in [0.3, 0.4) is 0 Å². The second kappa shape index (κ2) is 7.54. The molecular formula is C19H26N4OS. The van der Waals surface area contributed by atoms with E-state index in [4.69, 9.17) is 0 Å². The molecule has 2 aromatic rings. The third-order valence-corrected chi connectivity index (χ3v) is 5.55. The molecule has 6 heteroatoms. The van der Waals surface area contributed by atoms with E-state index in [0.717, 1.165) is 48.3 Å². The fraction of sp³-hybridized carbons (Fsp3) is 0.474. The first-order valence-electron chi connectivity index (χ1n) is 8.66. The summed E-state index contributed by atoms with van der Waals surface area (Å²) in [6, 6.07) is 8.56. The molecule has 0 spiro atoms. The number of carbonyl (C=O) groups is 1. The van der Waals surface area contributed by atoms with Crippen molar-refractivity contribution >= 4 is 22.9 Å². The van der Waals surface area contributed by atoms with E-state index in [1.165, 1.54) is 22.6 Å². The van der Waals surface area contributed by atoms with Crippen LogP contribution in [0.5, 0.6) is 0 Å². The lowest BCUT2D eigenvalue weighted by Crippen LogP contribution is -2.48. The average molecular weight is 359 g/mol.